The summed E-state index contributed by atoms with van der Waals surface area (Å²) >= 11 is 0. The number of benzene rings is 16. The van der Waals surface area contributed by atoms with Gasteiger partial charge in [-0.2, -0.15) is 0 Å². The van der Waals surface area contributed by atoms with Crippen LogP contribution in [0.15, 0.2) is 486 Å². The van der Waals surface area contributed by atoms with Gasteiger partial charge in [-0.25, -0.2) is 9.97 Å². The Morgan fingerprint density at radius 3 is 0.514 bits per heavy atom. The number of fused-ring (bicyclic) bond motifs is 16. The van der Waals surface area contributed by atoms with Gasteiger partial charge in [-0.3, -0.25) is 39.9 Å². The van der Waals surface area contributed by atoms with E-state index in [4.69, 9.17) is 0 Å². The third-order valence-corrected chi connectivity index (χ3v) is 25.0. The van der Waals surface area contributed by atoms with E-state index in [1.165, 1.54) is 89.0 Å². The van der Waals surface area contributed by atoms with Gasteiger partial charge in [0, 0.05) is 112 Å². The van der Waals surface area contributed by atoms with Crippen molar-refractivity contribution in [2.75, 3.05) is 0 Å². The maximum atomic E-state index is 4.67. The molecule has 0 fully saturated rings. The molecule has 28 rings (SSSR count). The molecule has 18 heteroatoms. The molecular weight excluding hydrogens is 1920 g/mol. The predicted octanol–water partition coefficient (Wildman–Crippen LogP) is 29.9. The van der Waals surface area contributed by atoms with Crippen molar-refractivity contribution in [3.63, 3.8) is 0 Å². The van der Waals surface area contributed by atoms with Gasteiger partial charge in [-0.05, 0) is 184 Å². The van der Waals surface area contributed by atoms with Crippen molar-refractivity contribution >= 4 is 131 Å². The first-order valence-electron chi connectivity index (χ1n) is 46.3. The summed E-state index contributed by atoms with van der Waals surface area (Å²) < 4.78 is 0. The average Bonchev–Trinajstić information content (AvgIpc) is 1.67. The van der Waals surface area contributed by atoms with Gasteiger partial charge < -0.3 is 29.9 Å². The molecule has 0 unspecified atom stereocenters. The third-order valence-electron chi connectivity index (χ3n) is 25.0. The molecule has 16 nitrogen and oxygen atoms in total. The Labute approximate surface area is 842 Å². The second-order valence-electron chi connectivity index (χ2n) is 33.5. The van der Waals surface area contributed by atoms with Crippen molar-refractivity contribution < 1.29 is 39.0 Å². The molecule has 0 aliphatic rings. The molecule has 16 aromatic carbocycles. The summed E-state index contributed by atoms with van der Waals surface area (Å²) in [6, 6.07) is 149. The van der Waals surface area contributed by atoms with E-state index in [0.29, 0.717) is 11.6 Å². The van der Waals surface area contributed by atoms with Gasteiger partial charge in [-0.15, -0.1) is 0 Å². The monoisotopic (exact) mass is 2000 g/mol. The molecule has 0 spiro atoms. The second kappa shape index (κ2) is 41.5. The molecule has 674 valence electrons. The quantitative estimate of drug-likeness (QED) is 0.0963. The van der Waals surface area contributed by atoms with Gasteiger partial charge in [0.1, 0.15) is 0 Å². The summed E-state index contributed by atoms with van der Waals surface area (Å²) in [6.07, 6.45) is 15.0. The Balaban J connectivity index is 0.000000101. The van der Waals surface area contributed by atoms with Gasteiger partial charge in [0.15, 0.2) is 11.6 Å². The molecule has 0 saturated carbocycles. The van der Waals surface area contributed by atoms with Crippen molar-refractivity contribution in [1.29, 1.82) is 0 Å². The number of pyridine rings is 8. The van der Waals surface area contributed by atoms with E-state index < -0.39 is 0 Å². The van der Waals surface area contributed by atoms with Crippen LogP contribution >= 0.6 is 0 Å². The zero-order valence-electron chi connectivity index (χ0n) is 76.2. The van der Waals surface area contributed by atoms with Crippen LogP contribution in [-0.4, -0.2) is 69.8 Å². The van der Waals surface area contributed by atoms with Crippen LogP contribution in [0.3, 0.4) is 0 Å². The number of H-pyrrole nitrogens is 2. The van der Waals surface area contributed by atoms with E-state index in [0.717, 1.165) is 143 Å². The standard InChI is InChI=1S/4C24H16N2.C14H10N4.C14H8N4.2Ru/c4*1-3-7-17(8-4-1)19-13-15-25-23-21(19)11-12-22-20(14-16-26-24(22)23)18-9-5-2-6-10-18;2*1-2-6-10-9(5-1)15-13(16-10)14-17-11-7-3-4-8-12(11)18-14;;/h4*1-16H;1-8H,(H,15,16)(H,17,18);1-8H;;/q;;;;;-2;;+2. The van der Waals surface area contributed by atoms with Crippen LogP contribution < -0.4 is 9.97 Å². The Bertz CT molecular complexity index is 7720. The van der Waals surface area contributed by atoms with Crippen LogP contribution in [-0.2, 0) is 39.0 Å². The van der Waals surface area contributed by atoms with E-state index in [1.807, 2.05) is 195 Å². The maximum Gasteiger partial charge on any atom is 2.00 e. The Kier molecular flexibility index (Phi) is 26.4. The molecule has 142 heavy (non-hydrogen) atoms. The number of hydrogen-bond donors (Lipinski definition) is 2. The number of nitrogens with zero attached hydrogens (tertiary/aromatic N) is 14. The predicted molar refractivity (Wildman–Crippen MR) is 572 cm³/mol. The number of rotatable bonds is 10. The van der Waals surface area contributed by atoms with Crippen molar-refractivity contribution in [3.8, 4) is 112 Å². The smallest absolute Gasteiger partial charge is 0.436 e. The minimum atomic E-state index is 0. The molecule has 0 aliphatic carbocycles. The zero-order valence-corrected chi connectivity index (χ0v) is 79.6. The fourth-order valence-electron chi connectivity index (χ4n) is 18.4. The average molecular weight is 2000 g/mol. The molecular formula is C124H82N16Ru2. The zero-order chi connectivity index (χ0) is 93.3. The Morgan fingerprint density at radius 2 is 0.331 bits per heavy atom. The molecule has 0 bridgehead atoms. The maximum absolute atomic E-state index is 4.67. The molecule has 0 radical (unpaired) electrons. The molecule has 0 atom stereocenters. The number of hydrogen-bond acceptors (Lipinski definition) is 12. The number of nitrogens with one attached hydrogen (secondary N) is 2. The third kappa shape index (κ3) is 18.6. The number of aromatic nitrogens is 16. The minimum Gasteiger partial charge on any atom is -0.436 e. The van der Waals surface area contributed by atoms with Crippen molar-refractivity contribution in [1.82, 2.24) is 79.7 Å². The largest absolute Gasteiger partial charge is 2.00 e. The van der Waals surface area contributed by atoms with Gasteiger partial charge >= 0.3 is 19.5 Å². The number of para-hydroxylation sites is 8. The molecule has 12 aromatic heterocycles. The summed E-state index contributed by atoms with van der Waals surface area (Å²) in [5.41, 5.74) is 34.0. The first kappa shape index (κ1) is 90.4. The minimum absolute atomic E-state index is 0. The SMILES string of the molecule is [Ru+2].[Ru].c1ccc(-c2ccnc3c2ccc2c(-c4ccccc4)ccnc23)cc1.c1ccc(-c2ccnc3c2ccc2c(-c4ccccc4)ccnc23)cc1.c1ccc(-c2ccnc3c2ccc2c(-c4ccccc4)ccnc23)cc1.c1ccc(-c2ccnc3c2ccc2c(-c4ccccc4)ccnc23)cc1.c1ccc2[n-]c(-c3nc4ccccc4[n-]3)nc2c1.c1ccc2[nH]c(-c3nc4ccccc4[nH]3)nc2c1. The Hall–Kier alpha value is -18.1. The fraction of sp³-hybridized carbons (Fsp3) is 0. The van der Waals surface area contributed by atoms with Gasteiger partial charge in [0.2, 0.25) is 0 Å². The summed E-state index contributed by atoms with van der Waals surface area (Å²) in [5, 5.41) is 9.03. The summed E-state index contributed by atoms with van der Waals surface area (Å²) in [5.74, 6) is 2.72. The van der Waals surface area contributed by atoms with Crippen molar-refractivity contribution in [2.24, 2.45) is 0 Å². The number of aromatic amines is 2. The first-order chi connectivity index (χ1) is 69.5. The molecule has 0 saturated heterocycles. The normalized spacial score (nSPS) is 11.0. The van der Waals surface area contributed by atoms with Gasteiger partial charge in [0.25, 0.3) is 0 Å². The van der Waals surface area contributed by atoms with Crippen LogP contribution in [0.4, 0.5) is 0 Å². The van der Waals surface area contributed by atoms with E-state index in [1.54, 1.807) is 0 Å². The number of imidazole rings is 4. The van der Waals surface area contributed by atoms with E-state index >= 15 is 0 Å². The molecule has 0 amide bonds. The Morgan fingerprint density at radius 1 is 0.162 bits per heavy atom. The fourth-order valence-corrected chi connectivity index (χ4v) is 18.4. The van der Waals surface area contributed by atoms with E-state index in [9.17, 15) is 0 Å². The van der Waals surface area contributed by atoms with Crippen LogP contribution in [0.1, 0.15) is 0 Å². The van der Waals surface area contributed by atoms with Gasteiger partial charge in [-0.1, -0.05) is 376 Å². The van der Waals surface area contributed by atoms with E-state index in [2.05, 4.69) is 371 Å². The molecule has 28 aromatic rings. The van der Waals surface area contributed by atoms with Crippen LogP contribution in [0, 0.1) is 0 Å². The summed E-state index contributed by atoms with van der Waals surface area (Å²) in [4.78, 5) is 70.7. The van der Waals surface area contributed by atoms with Gasteiger partial charge in [0.05, 0.1) is 66.2 Å². The topological polar surface area (TPSA) is 214 Å². The van der Waals surface area contributed by atoms with Crippen LogP contribution in [0.25, 0.3) is 244 Å². The van der Waals surface area contributed by atoms with Crippen LogP contribution in [0.2, 0.25) is 0 Å². The van der Waals surface area contributed by atoms with Crippen molar-refractivity contribution in [3.05, 3.63) is 486 Å². The van der Waals surface area contributed by atoms with E-state index in [-0.39, 0.29) is 39.0 Å². The second-order valence-corrected chi connectivity index (χ2v) is 33.5. The first-order valence-corrected chi connectivity index (χ1v) is 46.3. The molecule has 0 aliphatic heterocycles. The molecule has 2 N–H and O–H groups in total. The summed E-state index contributed by atoms with van der Waals surface area (Å²) in [7, 11) is 0. The molecule has 12 heterocycles. The summed E-state index contributed by atoms with van der Waals surface area (Å²) in [6.45, 7) is 0. The van der Waals surface area contributed by atoms with Crippen LogP contribution in [0.5, 0.6) is 0 Å². The van der Waals surface area contributed by atoms with Crippen molar-refractivity contribution in [2.45, 2.75) is 0 Å².